The zero-order chi connectivity index (χ0) is 10.3. The van der Waals surface area contributed by atoms with E-state index in [2.05, 4.69) is 0 Å². The Morgan fingerprint density at radius 2 is 2.14 bits per heavy atom. The van der Waals surface area contributed by atoms with Crippen molar-refractivity contribution in [3.63, 3.8) is 0 Å². The molecule has 1 aliphatic carbocycles. The number of rotatable bonds is 2. The Morgan fingerprint density at radius 1 is 1.50 bits per heavy atom. The molecule has 0 saturated heterocycles. The zero-order valence-corrected chi connectivity index (χ0v) is 8.93. The first-order chi connectivity index (χ1) is 6.59. The van der Waals surface area contributed by atoms with Gasteiger partial charge in [0.2, 0.25) is 0 Å². The molecule has 0 aromatic heterocycles. The predicted molar refractivity (Wildman–Crippen MR) is 57.8 cm³/mol. The molecule has 0 amide bonds. The number of halogens is 1. The molecule has 76 valence electrons. The van der Waals surface area contributed by atoms with Gasteiger partial charge in [-0.3, -0.25) is 0 Å². The number of nitrogens with two attached hydrogens (primary N) is 1. The summed E-state index contributed by atoms with van der Waals surface area (Å²) in [6.07, 6.45) is 2.15. The topological polar surface area (TPSA) is 46.2 Å². The molecule has 1 fully saturated rings. The molecule has 14 heavy (non-hydrogen) atoms. The fourth-order valence-corrected chi connectivity index (χ4v) is 2.18. The molecule has 1 aliphatic rings. The number of aryl methyl sites for hydroxylation is 1. The molecule has 0 heterocycles. The smallest absolute Gasteiger partial charge is 0.134 e. The molecule has 2 rings (SSSR count). The lowest BCUT2D eigenvalue weighted by atomic mass is 9.94. The summed E-state index contributed by atoms with van der Waals surface area (Å²) < 4.78 is 0. The van der Waals surface area contributed by atoms with Gasteiger partial charge in [0.05, 0.1) is 5.02 Å². The Bertz CT molecular complexity index is 372. The van der Waals surface area contributed by atoms with Crippen LogP contribution in [0.25, 0.3) is 0 Å². The van der Waals surface area contributed by atoms with E-state index < -0.39 is 0 Å². The van der Waals surface area contributed by atoms with E-state index >= 15 is 0 Å². The van der Waals surface area contributed by atoms with Gasteiger partial charge in [-0.2, -0.15) is 0 Å². The predicted octanol–water partition coefficient (Wildman–Crippen LogP) is 2.34. The van der Waals surface area contributed by atoms with E-state index in [-0.39, 0.29) is 11.2 Å². The second-order valence-electron chi connectivity index (χ2n) is 4.13. The number of aromatic hydroxyl groups is 1. The molecule has 3 heteroatoms. The van der Waals surface area contributed by atoms with Crippen molar-refractivity contribution in [1.29, 1.82) is 0 Å². The maximum absolute atomic E-state index is 9.59. The summed E-state index contributed by atoms with van der Waals surface area (Å²) in [6.45, 7) is 2.56. The summed E-state index contributed by atoms with van der Waals surface area (Å²) in [5.41, 5.74) is 7.81. The first-order valence-corrected chi connectivity index (χ1v) is 5.16. The number of hydrogen-bond donors (Lipinski definition) is 2. The van der Waals surface area contributed by atoms with Crippen LogP contribution in [0.4, 0.5) is 0 Å². The fraction of sp³-hybridized carbons (Fsp3) is 0.455. The largest absolute Gasteiger partial charge is 0.506 e. The van der Waals surface area contributed by atoms with Crippen LogP contribution < -0.4 is 5.73 Å². The third-order valence-electron chi connectivity index (χ3n) is 3.01. The highest BCUT2D eigenvalue weighted by Crippen LogP contribution is 2.51. The van der Waals surface area contributed by atoms with Crippen molar-refractivity contribution < 1.29 is 5.11 Å². The Balaban J connectivity index is 2.52. The molecule has 2 nitrogen and oxygen atoms in total. The second-order valence-corrected chi connectivity index (χ2v) is 4.51. The number of phenolic OH excluding ortho intramolecular Hbond substituents is 1. The number of phenols is 1. The average molecular weight is 212 g/mol. The molecule has 0 radical (unpaired) electrons. The van der Waals surface area contributed by atoms with Crippen molar-refractivity contribution in [3.05, 3.63) is 28.3 Å². The van der Waals surface area contributed by atoms with Gasteiger partial charge in [-0.25, -0.2) is 0 Å². The molecule has 1 saturated carbocycles. The van der Waals surface area contributed by atoms with Crippen molar-refractivity contribution in [2.75, 3.05) is 6.54 Å². The summed E-state index contributed by atoms with van der Waals surface area (Å²) in [4.78, 5) is 0. The van der Waals surface area contributed by atoms with Gasteiger partial charge in [-0.05, 0) is 37.0 Å². The van der Waals surface area contributed by atoms with Crippen LogP contribution >= 0.6 is 11.6 Å². The Labute approximate surface area is 88.7 Å². The van der Waals surface area contributed by atoms with Gasteiger partial charge in [0.15, 0.2) is 0 Å². The first-order valence-electron chi connectivity index (χ1n) is 4.79. The maximum atomic E-state index is 9.59. The van der Waals surface area contributed by atoms with E-state index in [1.807, 2.05) is 13.0 Å². The summed E-state index contributed by atoms with van der Waals surface area (Å²) in [6, 6.07) is 3.71. The third kappa shape index (κ3) is 1.39. The van der Waals surface area contributed by atoms with Crippen LogP contribution in [0.15, 0.2) is 12.1 Å². The molecule has 0 bridgehead atoms. The summed E-state index contributed by atoms with van der Waals surface area (Å²) in [7, 11) is 0. The van der Waals surface area contributed by atoms with E-state index in [9.17, 15) is 5.11 Å². The fourth-order valence-electron chi connectivity index (χ4n) is 1.87. The molecule has 1 aromatic rings. The van der Waals surface area contributed by atoms with Crippen LogP contribution in [0.1, 0.15) is 24.0 Å². The minimum absolute atomic E-state index is 0.0422. The van der Waals surface area contributed by atoms with Crippen LogP contribution in [-0.2, 0) is 5.41 Å². The highest BCUT2D eigenvalue weighted by Gasteiger charge is 2.44. The summed E-state index contributed by atoms with van der Waals surface area (Å²) >= 11 is 6.06. The summed E-state index contributed by atoms with van der Waals surface area (Å²) in [5, 5.41) is 10.1. The molecule has 1 aromatic carbocycles. The van der Waals surface area contributed by atoms with Crippen LogP contribution in [0.5, 0.6) is 5.75 Å². The highest BCUT2D eigenvalue weighted by molar-refractivity contribution is 6.33. The van der Waals surface area contributed by atoms with Crippen molar-refractivity contribution >= 4 is 11.6 Å². The average Bonchev–Trinajstić information content (AvgIpc) is 2.92. The van der Waals surface area contributed by atoms with Crippen molar-refractivity contribution in [3.8, 4) is 5.75 Å². The van der Waals surface area contributed by atoms with Crippen LogP contribution in [0, 0.1) is 6.92 Å². The summed E-state index contributed by atoms with van der Waals surface area (Å²) in [5.74, 6) is 0.168. The van der Waals surface area contributed by atoms with E-state index in [1.54, 1.807) is 6.07 Å². The minimum atomic E-state index is 0.0422. The highest BCUT2D eigenvalue weighted by atomic mass is 35.5. The molecular weight excluding hydrogens is 198 g/mol. The molecule has 3 N–H and O–H groups in total. The quantitative estimate of drug-likeness (QED) is 0.789. The van der Waals surface area contributed by atoms with Crippen molar-refractivity contribution in [2.45, 2.75) is 25.2 Å². The van der Waals surface area contributed by atoms with Gasteiger partial charge in [-0.1, -0.05) is 17.7 Å². The van der Waals surface area contributed by atoms with Gasteiger partial charge in [-0.15, -0.1) is 0 Å². The van der Waals surface area contributed by atoms with Crippen LogP contribution in [0.3, 0.4) is 0 Å². The third-order valence-corrected chi connectivity index (χ3v) is 3.41. The molecular formula is C11H14ClNO. The normalized spacial score (nSPS) is 18.2. The van der Waals surface area contributed by atoms with Gasteiger partial charge >= 0.3 is 0 Å². The van der Waals surface area contributed by atoms with E-state index in [0.717, 1.165) is 24.0 Å². The maximum Gasteiger partial charge on any atom is 0.134 e. The Hall–Kier alpha value is -0.730. The van der Waals surface area contributed by atoms with E-state index in [0.29, 0.717) is 11.6 Å². The Morgan fingerprint density at radius 3 is 2.64 bits per heavy atom. The monoisotopic (exact) mass is 211 g/mol. The number of benzene rings is 1. The SMILES string of the molecule is Cc1cc(O)c(Cl)c(C2(CN)CC2)c1. The lowest BCUT2D eigenvalue weighted by Gasteiger charge is -2.16. The van der Waals surface area contributed by atoms with Crippen molar-refractivity contribution in [2.24, 2.45) is 5.73 Å². The zero-order valence-electron chi connectivity index (χ0n) is 8.18. The molecule has 0 atom stereocenters. The van der Waals surface area contributed by atoms with Gasteiger partial charge in [0.1, 0.15) is 5.75 Å². The van der Waals surface area contributed by atoms with Crippen LogP contribution in [0.2, 0.25) is 5.02 Å². The lowest BCUT2D eigenvalue weighted by molar-refractivity contribution is 0.473. The standard InChI is InChI=1S/C11H14ClNO/c1-7-4-8(10(12)9(14)5-7)11(6-13)2-3-11/h4-5,14H,2-3,6,13H2,1H3. The molecule has 0 unspecified atom stereocenters. The lowest BCUT2D eigenvalue weighted by Crippen LogP contribution is -2.20. The Kier molecular flexibility index (Phi) is 2.20. The van der Waals surface area contributed by atoms with E-state index in [1.165, 1.54) is 0 Å². The molecule has 0 aliphatic heterocycles. The molecule has 0 spiro atoms. The van der Waals surface area contributed by atoms with Gasteiger partial charge in [0.25, 0.3) is 0 Å². The van der Waals surface area contributed by atoms with E-state index in [4.69, 9.17) is 17.3 Å². The van der Waals surface area contributed by atoms with Crippen LogP contribution in [-0.4, -0.2) is 11.7 Å². The van der Waals surface area contributed by atoms with Gasteiger partial charge < -0.3 is 10.8 Å². The van der Waals surface area contributed by atoms with Gasteiger partial charge in [0, 0.05) is 12.0 Å². The number of hydrogen-bond acceptors (Lipinski definition) is 2. The minimum Gasteiger partial charge on any atom is -0.506 e. The first kappa shape index (κ1) is 9.81. The van der Waals surface area contributed by atoms with Crippen molar-refractivity contribution in [1.82, 2.24) is 0 Å². The second kappa shape index (κ2) is 3.14.